The predicted octanol–water partition coefficient (Wildman–Crippen LogP) is 2.38. The number of hydrogen-bond acceptors (Lipinski definition) is 6. The molecule has 2 aromatic carbocycles. The summed E-state index contributed by atoms with van der Waals surface area (Å²) in [6, 6.07) is 11.8. The van der Waals surface area contributed by atoms with Gasteiger partial charge in [-0.05, 0) is 37.3 Å². The zero-order valence-electron chi connectivity index (χ0n) is 14.5. The monoisotopic (exact) mass is 357 g/mol. The summed E-state index contributed by atoms with van der Waals surface area (Å²) in [4.78, 5) is 34.2. The molecule has 0 aliphatic heterocycles. The smallest absolute Gasteiger partial charge is 0.344 e. The van der Waals surface area contributed by atoms with Gasteiger partial charge in [0, 0.05) is 11.3 Å². The maximum absolute atomic E-state index is 11.8. The number of anilines is 1. The van der Waals surface area contributed by atoms with Crippen LogP contribution in [0.1, 0.15) is 15.9 Å². The number of ether oxygens (including phenoxy) is 3. The lowest BCUT2D eigenvalue weighted by molar-refractivity contribution is -0.149. The lowest BCUT2D eigenvalue weighted by atomic mass is 10.2. The molecule has 0 aromatic heterocycles. The Morgan fingerprint density at radius 3 is 2.42 bits per heavy atom. The number of nitrogens with one attached hydrogen (secondary N) is 1. The fourth-order valence-electron chi connectivity index (χ4n) is 2.04. The summed E-state index contributed by atoms with van der Waals surface area (Å²) < 4.78 is 15.3. The molecule has 2 rings (SSSR count). The van der Waals surface area contributed by atoms with E-state index in [2.05, 4.69) is 5.32 Å². The van der Waals surface area contributed by atoms with Crippen molar-refractivity contribution in [2.75, 3.05) is 25.6 Å². The second-order valence-electron chi connectivity index (χ2n) is 5.39. The Morgan fingerprint density at radius 2 is 1.77 bits per heavy atom. The van der Waals surface area contributed by atoms with Crippen LogP contribution < -0.4 is 14.8 Å². The van der Waals surface area contributed by atoms with Gasteiger partial charge >= 0.3 is 5.97 Å². The van der Waals surface area contributed by atoms with Crippen LogP contribution in [0.3, 0.4) is 0 Å². The lowest BCUT2D eigenvalue weighted by Gasteiger charge is -2.11. The van der Waals surface area contributed by atoms with Crippen molar-refractivity contribution in [1.82, 2.24) is 0 Å². The largest absolute Gasteiger partial charge is 0.493 e. The number of rotatable bonds is 8. The molecule has 0 unspecified atom stereocenters. The summed E-state index contributed by atoms with van der Waals surface area (Å²) in [5.74, 6) is -0.542. The number of benzene rings is 2. The Labute approximate surface area is 150 Å². The highest BCUT2D eigenvalue weighted by molar-refractivity contribution is 5.92. The minimum Gasteiger partial charge on any atom is -0.493 e. The molecule has 26 heavy (non-hydrogen) atoms. The van der Waals surface area contributed by atoms with E-state index in [9.17, 15) is 14.4 Å². The number of carbonyl (C=O) groups is 3. The Kier molecular flexibility index (Phi) is 6.73. The van der Waals surface area contributed by atoms with Gasteiger partial charge in [-0.3, -0.25) is 9.59 Å². The average Bonchev–Trinajstić information content (AvgIpc) is 2.66. The maximum Gasteiger partial charge on any atom is 0.344 e. The van der Waals surface area contributed by atoms with Crippen LogP contribution in [0.15, 0.2) is 42.5 Å². The Balaban J connectivity index is 1.79. The number of aldehydes is 1. The zero-order valence-corrected chi connectivity index (χ0v) is 14.5. The number of hydrogen-bond donors (Lipinski definition) is 1. The number of amides is 1. The van der Waals surface area contributed by atoms with Crippen LogP contribution in [0.25, 0.3) is 0 Å². The third kappa shape index (κ3) is 5.62. The molecule has 0 aliphatic rings. The summed E-state index contributed by atoms with van der Waals surface area (Å²) in [5.41, 5.74) is 2.11. The van der Waals surface area contributed by atoms with Crippen molar-refractivity contribution in [2.24, 2.45) is 0 Å². The molecule has 7 heteroatoms. The van der Waals surface area contributed by atoms with Crippen LogP contribution in [0, 0.1) is 6.92 Å². The van der Waals surface area contributed by atoms with Gasteiger partial charge in [0.15, 0.2) is 24.7 Å². The summed E-state index contributed by atoms with van der Waals surface area (Å²) in [5, 5.41) is 2.62. The molecular formula is C19H19NO6. The predicted molar refractivity (Wildman–Crippen MR) is 94.6 cm³/mol. The molecule has 1 N–H and O–H groups in total. The number of carbonyl (C=O) groups excluding carboxylic acids is 3. The molecule has 0 heterocycles. The lowest BCUT2D eigenvalue weighted by Crippen LogP contribution is -2.23. The van der Waals surface area contributed by atoms with Crippen LogP contribution in [0.5, 0.6) is 11.5 Å². The number of esters is 1. The molecule has 0 atom stereocenters. The van der Waals surface area contributed by atoms with Gasteiger partial charge in [-0.2, -0.15) is 0 Å². The third-order valence-corrected chi connectivity index (χ3v) is 3.37. The summed E-state index contributed by atoms with van der Waals surface area (Å²) in [7, 11) is 1.42. The Bertz CT molecular complexity index is 785. The van der Waals surface area contributed by atoms with E-state index in [1.807, 2.05) is 19.1 Å². The fraction of sp³-hybridized carbons (Fsp3) is 0.211. The molecule has 0 bridgehead atoms. The first-order valence-electron chi connectivity index (χ1n) is 7.80. The van der Waals surface area contributed by atoms with Gasteiger partial charge in [-0.1, -0.05) is 17.7 Å². The molecule has 1 amide bonds. The van der Waals surface area contributed by atoms with E-state index < -0.39 is 25.1 Å². The SMILES string of the molecule is COc1cc(C=O)ccc1OCC(=O)OCC(=O)Nc1ccc(C)cc1. The Hall–Kier alpha value is -3.35. The molecule has 2 aromatic rings. The highest BCUT2D eigenvalue weighted by Gasteiger charge is 2.11. The van der Waals surface area contributed by atoms with E-state index in [4.69, 9.17) is 14.2 Å². The molecule has 136 valence electrons. The molecule has 0 fully saturated rings. The van der Waals surface area contributed by atoms with Crippen molar-refractivity contribution in [1.29, 1.82) is 0 Å². The summed E-state index contributed by atoms with van der Waals surface area (Å²) in [6.45, 7) is 1.13. The highest BCUT2D eigenvalue weighted by atomic mass is 16.6. The van der Waals surface area contributed by atoms with Crippen molar-refractivity contribution in [2.45, 2.75) is 6.92 Å². The third-order valence-electron chi connectivity index (χ3n) is 3.37. The highest BCUT2D eigenvalue weighted by Crippen LogP contribution is 2.27. The van der Waals surface area contributed by atoms with E-state index in [0.29, 0.717) is 29.0 Å². The number of aryl methyl sites for hydroxylation is 1. The normalized spacial score (nSPS) is 9.92. The van der Waals surface area contributed by atoms with E-state index in [0.717, 1.165) is 5.56 Å². The second kappa shape index (κ2) is 9.22. The van der Waals surface area contributed by atoms with Gasteiger partial charge in [0.05, 0.1) is 7.11 Å². The Morgan fingerprint density at radius 1 is 1.04 bits per heavy atom. The first kappa shape index (κ1) is 19.0. The molecule has 0 aliphatic carbocycles. The molecule has 0 radical (unpaired) electrons. The number of methoxy groups -OCH3 is 1. The van der Waals surface area contributed by atoms with Gasteiger partial charge < -0.3 is 19.5 Å². The van der Waals surface area contributed by atoms with Gasteiger partial charge in [0.25, 0.3) is 5.91 Å². The fourth-order valence-corrected chi connectivity index (χ4v) is 2.04. The topological polar surface area (TPSA) is 90.9 Å². The van der Waals surface area contributed by atoms with Crippen LogP contribution in [0.2, 0.25) is 0 Å². The first-order valence-corrected chi connectivity index (χ1v) is 7.80. The summed E-state index contributed by atoms with van der Waals surface area (Å²) in [6.07, 6.45) is 0.674. The van der Waals surface area contributed by atoms with Gasteiger partial charge in [-0.25, -0.2) is 4.79 Å². The minimum atomic E-state index is -0.703. The molecule has 0 saturated heterocycles. The maximum atomic E-state index is 11.8. The molecule has 0 spiro atoms. The average molecular weight is 357 g/mol. The quantitative estimate of drug-likeness (QED) is 0.576. The standard InChI is InChI=1S/C19H19NO6/c1-13-3-6-15(7-4-13)20-18(22)11-26-19(23)12-25-16-8-5-14(10-21)9-17(16)24-2/h3-10H,11-12H2,1-2H3,(H,20,22). The molecule has 7 nitrogen and oxygen atoms in total. The van der Waals surface area contributed by atoms with Gasteiger partial charge in [-0.15, -0.1) is 0 Å². The van der Waals surface area contributed by atoms with Crippen LogP contribution in [0.4, 0.5) is 5.69 Å². The van der Waals surface area contributed by atoms with Crippen molar-refractivity contribution < 1.29 is 28.6 Å². The van der Waals surface area contributed by atoms with Crippen LogP contribution in [-0.2, 0) is 14.3 Å². The van der Waals surface area contributed by atoms with Crippen LogP contribution >= 0.6 is 0 Å². The van der Waals surface area contributed by atoms with E-state index >= 15 is 0 Å². The van der Waals surface area contributed by atoms with E-state index in [-0.39, 0.29) is 0 Å². The van der Waals surface area contributed by atoms with Crippen molar-refractivity contribution in [3.8, 4) is 11.5 Å². The first-order chi connectivity index (χ1) is 12.5. The second-order valence-corrected chi connectivity index (χ2v) is 5.39. The van der Waals surface area contributed by atoms with Crippen molar-refractivity contribution in [3.63, 3.8) is 0 Å². The van der Waals surface area contributed by atoms with Gasteiger partial charge in [0.1, 0.15) is 6.29 Å². The van der Waals surface area contributed by atoms with E-state index in [1.54, 1.807) is 12.1 Å². The minimum absolute atomic E-state index is 0.291. The van der Waals surface area contributed by atoms with Crippen molar-refractivity contribution in [3.05, 3.63) is 53.6 Å². The molecular weight excluding hydrogens is 338 g/mol. The van der Waals surface area contributed by atoms with Gasteiger partial charge in [0.2, 0.25) is 0 Å². The van der Waals surface area contributed by atoms with E-state index in [1.165, 1.54) is 25.3 Å². The zero-order chi connectivity index (χ0) is 18.9. The van der Waals surface area contributed by atoms with Crippen molar-refractivity contribution >= 4 is 23.9 Å². The summed E-state index contributed by atoms with van der Waals surface area (Å²) >= 11 is 0. The van der Waals surface area contributed by atoms with Crippen LogP contribution in [-0.4, -0.2) is 38.5 Å². The molecule has 0 saturated carbocycles.